The van der Waals surface area contributed by atoms with Crippen molar-refractivity contribution in [3.05, 3.63) is 54.4 Å². The molecule has 30 heavy (non-hydrogen) atoms. The van der Waals surface area contributed by atoms with E-state index in [-0.39, 0.29) is 48.7 Å². The Morgan fingerprint density at radius 1 is 1.10 bits per heavy atom. The van der Waals surface area contributed by atoms with Crippen molar-refractivity contribution in [1.82, 2.24) is 20.4 Å². The smallest absolute Gasteiger partial charge is 0.275 e. The number of hydrogen-bond acceptors (Lipinski definition) is 5. The van der Waals surface area contributed by atoms with Crippen LogP contribution < -0.4 is 15.4 Å². The summed E-state index contributed by atoms with van der Waals surface area (Å²) in [6.45, 7) is 6.78. The van der Waals surface area contributed by atoms with E-state index in [2.05, 4.69) is 15.7 Å². The average molecular weight is 412 g/mol. The molecular weight excluding hydrogens is 384 g/mol. The maximum Gasteiger partial charge on any atom is 0.275 e. The standard InChI is InChI=1S/C22H28N4O4/c1-22(2,3)18-13-23-19(27)15-29-11-7-8-12-30-17-14-26(16-9-5-4-6-10-16)25-20(17)21(28)24-18/h4-10,14,18H,11-13,15H2,1-3H3,(H,23,27)(H,24,28)/b8-7-. The van der Waals surface area contributed by atoms with E-state index in [1.54, 1.807) is 23.0 Å². The number of ether oxygens (including phenoxy) is 2. The summed E-state index contributed by atoms with van der Waals surface area (Å²) in [7, 11) is 0. The predicted molar refractivity (Wildman–Crippen MR) is 113 cm³/mol. The number of nitrogens with one attached hydrogen (secondary N) is 2. The molecule has 0 aliphatic carbocycles. The molecule has 1 aliphatic heterocycles. The van der Waals surface area contributed by atoms with Crippen molar-refractivity contribution in [2.45, 2.75) is 26.8 Å². The third kappa shape index (κ3) is 5.70. The van der Waals surface area contributed by atoms with E-state index < -0.39 is 0 Å². The molecule has 0 spiro atoms. The lowest BCUT2D eigenvalue weighted by molar-refractivity contribution is -0.125. The summed E-state index contributed by atoms with van der Waals surface area (Å²) < 4.78 is 12.8. The first-order valence-corrected chi connectivity index (χ1v) is 9.93. The Kier molecular flexibility index (Phi) is 6.89. The number of benzene rings is 1. The molecule has 2 amide bonds. The van der Waals surface area contributed by atoms with Crippen LogP contribution in [-0.4, -0.2) is 54.0 Å². The highest BCUT2D eigenvalue weighted by molar-refractivity contribution is 5.95. The zero-order valence-electron chi connectivity index (χ0n) is 17.6. The molecule has 1 atom stereocenters. The SMILES string of the molecule is CC(C)(C)C1CNC(=O)COC/C=C\COc2cn(-c3ccccc3)nc2C(=O)N1. The summed E-state index contributed by atoms with van der Waals surface area (Å²) in [4.78, 5) is 25.1. The first kappa shape index (κ1) is 21.6. The monoisotopic (exact) mass is 412 g/mol. The molecule has 0 bridgehead atoms. The molecule has 8 nitrogen and oxygen atoms in total. The van der Waals surface area contributed by atoms with Crippen molar-refractivity contribution >= 4 is 11.8 Å². The number of rotatable bonds is 1. The van der Waals surface area contributed by atoms with Crippen LogP contribution in [0.25, 0.3) is 5.69 Å². The highest BCUT2D eigenvalue weighted by atomic mass is 16.5. The Hall–Kier alpha value is -3.13. The van der Waals surface area contributed by atoms with Crippen molar-refractivity contribution in [2.75, 3.05) is 26.4 Å². The third-order valence-electron chi connectivity index (χ3n) is 4.72. The van der Waals surface area contributed by atoms with Crippen LogP contribution in [0.4, 0.5) is 0 Å². The van der Waals surface area contributed by atoms with Gasteiger partial charge in [0.1, 0.15) is 13.2 Å². The Morgan fingerprint density at radius 3 is 2.57 bits per heavy atom. The van der Waals surface area contributed by atoms with Gasteiger partial charge in [-0.2, -0.15) is 5.10 Å². The molecule has 0 saturated carbocycles. The van der Waals surface area contributed by atoms with Gasteiger partial charge in [-0.1, -0.05) is 45.0 Å². The second-order valence-electron chi connectivity index (χ2n) is 8.12. The number of para-hydroxylation sites is 1. The summed E-state index contributed by atoms with van der Waals surface area (Å²) in [5.74, 6) is -0.204. The maximum absolute atomic E-state index is 13.1. The third-order valence-corrected chi connectivity index (χ3v) is 4.72. The molecule has 160 valence electrons. The van der Waals surface area contributed by atoms with Crippen molar-refractivity contribution in [3.8, 4) is 11.4 Å². The lowest BCUT2D eigenvalue weighted by Gasteiger charge is -2.31. The fraction of sp³-hybridized carbons (Fsp3) is 0.409. The largest absolute Gasteiger partial charge is 0.485 e. The highest BCUT2D eigenvalue weighted by Crippen LogP contribution is 2.23. The first-order valence-electron chi connectivity index (χ1n) is 9.93. The number of hydrogen-bond donors (Lipinski definition) is 2. The van der Waals surface area contributed by atoms with Crippen LogP contribution in [0.1, 0.15) is 31.3 Å². The first-order chi connectivity index (χ1) is 14.3. The van der Waals surface area contributed by atoms with Gasteiger partial charge in [0.25, 0.3) is 5.91 Å². The van der Waals surface area contributed by atoms with Crippen LogP contribution in [0.2, 0.25) is 0 Å². The quantitative estimate of drug-likeness (QED) is 0.700. The molecule has 0 fully saturated rings. The summed E-state index contributed by atoms with van der Waals surface area (Å²) >= 11 is 0. The molecule has 2 heterocycles. The zero-order chi connectivity index (χ0) is 21.6. The van der Waals surface area contributed by atoms with Gasteiger partial charge in [0.2, 0.25) is 5.91 Å². The van der Waals surface area contributed by atoms with Gasteiger partial charge >= 0.3 is 0 Å². The Balaban J connectivity index is 1.92. The normalized spacial score (nSPS) is 20.0. The van der Waals surface area contributed by atoms with Gasteiger partial charge in [0, 0.05) is 6.54 Å². The van der Waals surface area contributed by atoms with Gasteiger partial charge in [-0.05, 0) is 23.6 Å². The second kappa shape index (κ2) is 9.58. The molecule has 2 aromatic rings. The minimum atomic E-state index is -0.357. The lowest BCUT2D eigenvalue weighted by atomic mass is 9.86. The number of carbonyl (C=O) groups is 2. The molecule has 0 radical (unpaired) electrons. The fourth-order valence-corrected chi connectivity index (χ4v) is 2.89. The number of aromatic nitrogens is 2. The molecule has 1 aromatic carbocycles. The number of carbonyl (C=O) groups excluding carboxylic acids is 2. The van der Waals surface area contributed by atoms with Gasteiger partial charge in [-0.25, -0.2) is 4.68 Å². The van der Waals surface area contributed by atoms with Crippen LogP contribution in [0.3, 0.4) is 0 Å². The number of nitrogens with zero attached hydrogens (tertiary/aromatic N) is 2. The fourth-order valence-electron chi connectivity index (χ4n) is 2.89. The van der Waals surface area contributed by atoms with E-state index >= 15 is 0 Å². The number of fused-ring (bicyclic) bond motifs is 1. The summed E-state index contributed by atoms with van der Waals surface area (Å²) in [6, 6.07) is 9.20. The molecule has 1 unspecified atom stereocenters. The zero-order valence-corrected chi connectivity index (χ0v) is 17.6. The topological polar surface area (TPSA) is 94.5 Å². The van der Waals surface area contributed by atoms with Crippen LogP contribution in [-0.2, 0) is 9.53 Å². The van der Waals surface area contributed by atoms with Crippen molar-refractivity contribution in [1.29, 1.82) is 0 Å². The van der Waals surface area contributed by atoms with Gasteiger partial charge in [0.05, 0.1) is 24.5 Å². The van der Waals surface area contributed by atoms with E-state index in [1.165, 1.54) is 0 Å². The van der Waals surface area contributed by atoms with E-state index in [1.807, 2.05) is 51.1 Å². The van der Waals surface area contributed by atoms with E-state index in [0.29, 0.717) is 12.4 Å². The summed E-state index contributed by atoms with van der Waals surface area (Å²) in [5.41, 5.74) is 0.723. The second-order valence-corrected chi connectivity index (χ2v) is 8.12. The van der Waals surface area contributed by atoms with Crippen molar-refractivity contribution in [2.24, 2.45) is 5.41 Å². The van der Waals surface area contributed by atoms with Crippen LogP contribution in [0.5, 0.6) is 5.75 Å². The van der Waals surface area contributed by atoms with Gasteiger partial charge in [0.15, 0.2) is 11.4 Å². The van der Waals surface area contributed by atoms with Gasteiger partial charge in [-0.3, -0.25) is 9.59 Å². The minimum absolute atomic E-state index is 0.0418. The van der Waals surface area contributed by atoms with Crippen LogP contribution in [0, 0.1) is 5.41 Å². The molecular formula is C22H28N4O4. The molecule has 3 rings (SSSR count). The summed E-state index contributed by atoms with van der Waals surface area (Å²) in [5, 5.41) is 10.3. The van der Waals surface area contributed by atoms with Crippen LogP contribution >= 0.6 is 0 Å². The molecule has 0 saturated heterocycles. The minimum Gasteiger partial charge on any atom is -0.485 e. The summed E-state index contributed by atoms with van der Waals surface area (Å²) in [6.07, 6.45) is 5.24. The molecule has 2 N–H and O–H groups in total. The van der Waals surface area contributed by atoms with Gasteiger partial charge < -0.3 is 20.1 Å². The number of amides is 2. The Bertz CT molecular complexity index is 900. The molecule has 8 heteroatoms. The predicted octanol–water partition coefficient (Wildman–Crippen LogP) is 2.10. The van der Waals surface area contributed by atoms with Crippen molar-refractivity contribution < 1.29 is 19.1 Å². The van der Waals surface area contributed by atoms with Crippen LogP contribution in [0.15, 0.2) is 48.7 Å². The molecule has 1 aromatic heterocycles. The maximum atomic E-state index is 13.1. The van der Waals surface area contributed by atoms with E-state index in [9.17, 15) is 9.59 Å². The van der Waals surface area contributed by atoms with Crippen molar-refractivity contribution in [3.63, 3.8) is 0 Å². The average Bonchev–Trinajstić information content (AvgIpc) is 3.13. The lowest BCUT2D eigenvalue weighted by Crippen LogP contribution is -2.51. The molecule has 1 aliphatic rings. The Morgan fingerprint density at radius 2 is 1.83 bits per heavy atom. The van der Waals surface area contributed by atoms with Gasteiger partial charge in [-0.15, -0.1) is 0 Å². The van der Waals surface area contributed by atoms with E-state index in [4.69, 9.17) is 9.47 Å². The van der Waals surface area contributed by atoms with E-state index in [0.717, 1.165) is 5.69 Å². The Labute approximate surface area is 176 Å². The highest BCUT2D eigenvalue weighted by Gasteiger charge is 2.29.